The van der Waals surface area contributed by atoms with E-state index < -0.39 is 0 Å². The molecule has 0 aromatic carbocycles. The van der Waals surface area contributed by atoms with E-state index >= 15 is 0 Å². The standard InChI is InChI=1S/C8H9N3O/c1-6-7(3-4-9)10-5-11-8(6)12-2/h5H,3H2,1-2H3. The second kappa shape index (κ2) is 3.67. The van der Waals surface area contributed by atoms with E-state index in [2.05, 4.69) is 9.97 Å². The van der Waals surface area contributed by atoms with Crippen molar-refractivity contribution >= 4 is 0 Å². The highest BCUT2D eigenvalue weighted by atomic mass is 16.5. The largest absolute Gasteiger partial charge is 0.481 e. The van der Waals surface area contributed by atoms with Gasteiger partial charge in [0.2, 0.25) is 5.88 Å². The molecule has 4 nitrogen and oxygen atoms in total. The summed E-state index contributed by atoms with van der Waals surface area (Å²) < 4.78 is 4.97. The molecule has 62 valence electrons. The third kappa shape index (κ3) is 1.51. The Kier molecular flexibility index (Phi) is 2.59. The van der Waals surface area contributed by atoms with Gasteiger partial charge >= 0.3 is 0 Å². The van der Waals surface area contributed by atoms with Crippen LogP contribution in [0.2, 0.25) is 0 Å². The van der Waals surface area contributed by atoms with Crippen molar-refractivity contribution in [3.8, 4) is 11.9 Å². The number of aromatic nitrogens is 2. The number of nitrogens with zero attached hydrogens (tertiary/aromatic N) is 3. The van der Waals surface area contributed by atoms with Crippen molar-refractivity contribution in [1.82, 2.24) is 9.97 Å². The van der Waals surface area contributed by atoms with Crippen LogP contribution in [0.15, 0.2) is 6.33 Å². The average molecular weight is 163 g/mol. The molecule has 0 spiro atoms. The maximum Gasteiger partial charge on any atom is 0.219 e. The van der Waals surface area contributed by atoms with E-state index in [1.807, 2.05) is 13.0 Å². The molecule has 0 unspecified atom stereocenters. The smallest absolute Gasteiger partial charge is 0.219 e. The third-order valence-electron chi connectivity index (χ3n) is 1.58. The van der Waals surface area contributed by atoms with Crippen molar-refractivity contribution in [2.45, 2.75) is 13.3 Å². The highest BCUT2D eigenvalue weighted by Gasteiger charge is 2.05. The molecule has 1 rings (SSSR count). The average Bonchev–Trinajstić information content (AvgIpc) is 2.09. The van der Waals surface area contributed by atoms with Gasteiger partial charge in [-0.05, 0) is 6.92 Å². The molecule has 1 heterocycles. The first kappa shape index (κ1) is 8.47. The van der Waals surface area contributed by atoms with Gasteiger partial charge in [-0.25, -0.2) is 9.97 Å². The molecule has 0 bridgehead atoms. The molecule has 0 aliphatic rings. The van der Waals surface area contributed by atoms with E-state index in [1.54, 1.807) is 7.11 Å². The zero-order valence-electron chi connectivity index (χ0n) is 7.03. The molecule has 0 N–H and O–H groups in total. The van der Waals surface area contributed by atoms with Crippen molar-refractivity contribution in [2.75, 3.05) is 7.11 Å². The summed E-state index contributed by atoms with van der Waals surface area (Å²) in [5.41, 5.74) is 1.56. The summed E-state index contributed by atoms with van der Waals surface area (Å²) in [7, 11) is 1.55. The van der Waals surface area contributed by atoms with Crippen LogP contribution in [0.3, 0.4) is 0 Å². The lowest BCUT2D eigenvalue weighted by atomic mass is 10.2. The Morgan fingerprint density at radius 2 is 2.33 bits per heavy atom. The molecule has 0 aliphatic heterocycles. The molecule has 0 fully saturated rings. The number of hydrogen-bond donors (Lipinski definition) is 0. The first-order valence-electron chi connectivity index (χ1n) is 3.51. The summed E-state index contributed by atoms with van der Waals surface area (Å²) in [6.45, 7) is 1.84. The summed E-state index contributed by atoms with van der Waals surface area (Å²) in [5, 5.41) is 8.46. The van der Waals surface area contributed by atoms with E-state index in [0.717, 1.165) is 11.3 Å². The molecule has 1 aromatic rings. The molecule has 4 heteroatoms. The first-order valence-corrected chi connectivity index (χ1v) is 3.51. The van der Waals surface area contributed by atoms with Crippen LogP contribution < -0.4 is 4.74 Å². The zero-order chi connectivity index (χ0) is 8.97. The van der Waals surface area contributed by atoms with E-state index in [4.69, 9.17) is 10.00 Å². The number of methoxy groups -OCH3 is 1. The quantitative estimate of drug-likeness (QED) is 0.648. The topological polar surface area (TPSA) is 58.8 Å². The van der Waals surface area contributed by atoms with Gasteiger partial charge in [-0.15, -0.1) is 0 Å². The zero-order valence-corrected chi connectivity index (χ0v) is 7.03. The number of hydrogen-bond acceptors (Lipinski definition) is 4. The molecular weight excluding hydrogens is 154 g/mol. The van der Waals surface area contributed by atoms with Crippen LogP contribution >= 0.6 is 0 Å². The van der Waals surface area contributed by atoms with Gasteiger partial charge in [-0.1, -0.05) is 0 Å². The van der Waals surface area contributed by atoms with E-state index in [0.29, 0.717) is 12.3 Å². The van der Waals surface area contributed by atoms with Crippen molar-refractivity contribution < 1.29 is 4.74 Å². The first-order chi connectivity index (χ1) is 5.79. The van der Waals surface area contributed by atoms with Crippen LogP contribution in [-0.4, -0.2) is 17.1 Å². The summed E-state index contributed by atoms with van der Waals surface area (Å²) in [4.78, 5) is 7.86. The van der Waals surface area contributed by atoms with Crippen molar-refractivity contribution in [3.05, 3.63) is 17.6 Å². The lowest BCUT2D eigenvalue weighted by molar-refractivity contribution is 0.392. The second-order valence-electron chi connectivity index (χ2n) is 2.29. The molecule has 0 saturated heterocycles. The van der Waals surface area contributed by atoms with Gasteiger partial charge in [-0.3, -0.25) is 0 Å². The Balaban J connectivity index is 3.07. The fraction of sp³-hybridized carbons (Fsp3) is 0.375. The normalized spacial score (nSPS) is 9.08. The number of ether oxygens (including phenoxy) is 1. The lowest BCUT2D eigenvalue weighted by Crippen LogP contribution is -1.98. The SMILES string of the molecule is COc1ncnc(CC#N)c1C. The van der Waals surface area contributed by atoms with Gasteiger partial charge < -0.3 is 4.74 Å². The highest BCUT2D eigenvalue weighted by molar-refractivity contribution is 5.29. The summed E-state index contributed by atoms with van der Waals surface area (Å²) in [5.74, 6) is 0.537. The highest BCUT2D eigenvalue weighted by Crippen LogP contribution is 2.15. The van der Waals surface area contributed by atoms with E-state index in [9.17, 15) is 0 Å². The van der Waals surface area contributed by atoms with Gasteiger partial charge in [0.25, 0.3) is 0 Å². The molecule has 0 aliphatic carbocycles. The number of nitriles is 1. The van der Waals surface area contributed by atoms with Crippen molar-refractivity contribution in [3.63, 3.8) is 0 Å². The molecule has 0 atom stereocenters. The minimum Gasteiger partial charge on any atom is -0.481 e. The van der Waals surface area contributed by atoms with Crippen molar-refractivity contribution in [2.24, 2.45) is 0 Å². The van der Waals surface area contributed by atoms with Gasteiger partial charge in [0, 0.05) is 5.56 Å². The maximum absolute atomic E-state index is 8.46. The summed E-state index contributed by atoms with van der Waals surface area (Å²) >= 11 is 0. The summed E-state index contributed by atoms with van der Waals surface area (Å²) in [6, 6.07) is 2.03. The van der Waals surface area contributed by atoms with Crippen LogP contribution in [0.1, 0.15) is 11.3 Å². The lowest BCUT2D eigenvalue weighted by Gasteiger charge is -2.04. The monoisotopic (exact) mass is 163 g/mol. The predicted octanol–water partition coefficient (Wildman–Crippen LogP) is 0.860. The van der Waals surface area contributed by atoms with Crippen LogP contribution in [0.4, 0.5) is 0 Å². The Hall–Kier alpha value is -1.63. The fourth-order valence-corrected chi connectivity index (χ4v) is 0.927. The molecule has 0 radical (unpaired) electrons. The summed E-state index contributed by atoms with van der Waals surface area (Å²) in [6.07, 6.45) is 1.70. The van der Waals surface area contributed by atoms with Gasteiger partial charge in [0.1, 0.15) is 6.33 Å². The van der Waals surface area contributed by atoms with Gasteiger partial charge in [-0.2, -0.15) is 5.26 Å². The predicted molar refractivity (Wildman–Crippen MR) is 42.6 cm³/mol. The van der Waals surface area contributed by atoms with Crippen molar-refractivity contribution in [1.29, 1.82) is 5.26 Å². The molecular formula is C8H9N3O. The Labute approximate surface area is 70.8 Å². The van der Waals surface area contributed by atoms with Gasteiger partial charge in [0.15, 0.2) is 0 Å². The maximum atomic E-state index is 8.46. The fourth-order valence-electron chi connectivity index (χ4n) is 0.927. The molecule has 0 saturated carbocycles. The molecule has 12 heavy (non-hydrogen) atoms. The Morgan fingerprint density at radius 3 is 2.92 bits per heavy atom. The third-order valence-corrected chi connectivity index (χ3v) is 1.58. The molecule has 1 aromatic heterocycles. The molecule has 0 amide bonds. The second-order valence-corrected chi connectivity index (χ2v) is 2.29. The minimum atomic E-state index is 0.296. The van der Waals surface area contributed by atoms with Gasteiger partial charge in [0.05, 0.1) is 25.3 Å². The van der Waals surface area contributed by atoms with Crippen LogP contribution in [0.25, 0.3) is 0 Å². The number of rotatable bonds is 2. The van der Waals surface area contributed by atoms with Crippen LogP contribution in [-0.2, 0) is 6.42 Å². The van der Waals surface area contributed by atoms with E-state index in [-0.39, 0.29) is 0 Å². The van der Waals surface area contributed by atoms with E-state index in [1.165, 1.54) is 6.33 Å². The minimum absolute atomic E-state index is 0.296. The van der Waals surface area contributed by atoms with Crippen LogP contribution in [0, 0.1) is 18.3 Å². The Morgan fingerprint density at radius 1 is 1.58 bits per heavy atom. The van der Waals surface area contributed by atoms with Crippen LogP contribution in [0.5, 0.6) is 5.88 Å². The Bertz CT molecular complexity index is 317.